The third kappa shape index (κ3) is 5.88. The fraction of sp³-hybridized carbons (Fsp3) is 0.333. The topological polar surface area (TPSA) is 72.4 Å². The van der Waals surface area contributed by atoms with E-state index in [1.54, 1.807) is 23.4 Å². The van der Waals surface area contributed by atoms with Gasteiger partial charge in [0.1, 0.15) is 11.6 Å². The smallest absolute Gasteiger partial charge is 0.228 e. The second-order valence-corrected chi connectivity index (χ2v) is 9.78. The number of ketones is 1. The number of allylic oxidation sites excluding steroid dienone is 1. The highest BCUT2D eigenvalue weighted by atomic mass is 16.5. The molecule has 0 spiro atoms. The minimum absolute atomic E-state index is 0.107. The Hall–Kier alpha value is -3.80. The zero-order valence-corrected chi connectivity index (χ0v) is 20.7. The molecule has 1 aliphatic heterocycles. The van der Waals surface area contributed by atoms with E-state index < -0.39 is 0 Å². The highest BCUT2D eigenvalue weighted by Crippen LogP contribution is 2.33. The molecule has 1 aromatic carbocycles. The van der Waals surface area contributed by atoms with Crippen molar-refractivity contribution in [3.8, 4) is 11.6 Å². The van der Waals surface area contributed by atoms with E-state index in [4.69, 9.17) is 4.74 Å². The summed E-state index contributed by atoms with van der Waals surface area (Å²) in [6.07, 6.45) is 11.7. The second kappa shape index (κ2) is 10.9. The predicted octanol–water partition coefficient (Wildman–Crippen LogP) is 6.55. The molecule has 6 nitrogen and oxygen atoms in total. The summed E-state index contributed by atoms with van der Waals surface area (Å²) in [5.74, 6) is 2.63. The van der Waals surface area contributed by atoms with Crippen LogP contribution in [0.2, 0.25) is 0 Å². The number of ether oxygens (including phenoxy) is 1. The molecule has 0 atom stereocenters. The van der Waals surface area contributed by atoms with Crippen LogP contribution in [0, 0.1) is 12.8 Å². The van der Waals surface area contributed by atoms with Gasteiger partial charge in [0.15, 0.2) is 5.78 Å². The van der Waals surface area contributed by atoms with Crippen LogP contribution in [0.15, 0.2) is 66.5 Å². The number of carbonyl (C=O) groups excluding carboxylic acids is 2. The molecule has 1 saturated heterocycles. The van der Waals surface area contributed by atoms with Gasteiger partial charge in [0.05, 0.1) is 0 Å². The summed E-state index contributed by atoms with van der Waals surface area (Å²) in [5, 5.41) is 0. The van der Waals surface area contributed by atoms with Gasteiger partial charge in [-0.25, -0.2) is 9.97 Å². The fourth-order valence-electron chi connectivity index (χ4n) is 4.92. The first-order chi connectivity index (χ1) is 17.5. The summed E-state index contributed by atoms with van der Waals surface area (Å²) < 4.78 is 5.91. The second-order valence-electron chi connectivity index (χ2n) is 9.78. The number of hydrogen-bond donors (Lipinski definition) is 0. The van der Waals surface area contributed by atoms with E-state index in [0.717, 1.165) is 49.0 Å². The molecule has 2 fully saturated rings. The zero-order valence-electron chi connectivity index (χ0n) is 20.7. The first-order valence-electron chi connectivity index (χ1n) is 12.7. The molecule has 3 heterocycles. The van der Waals surface area contributed by atoms with Gasteiger partial charge in [-0.05, 0) is 80.3 Å². The van der Waals surface area contributed by atoms with E-state index in [0.29, 0.717) is 42.6 Å². The molecule has 6 heteroatoms. The lowest BCUT2D eigenvalue weighted by atomic mass is 9.82. The van der Waals surface area contributed by atoms with Crippen molar-refractivity contribution in [1.29, 1.82) is 0 Å². The van der Waals surface area contributed by atoms with Crippen molar-refractivity contribution >= 4 is 23.6 Å². The highest BCUT2D eigenvalue weighted by Gasteiger charge is 2.24. The van der Waals surface area contributed by atoms with E-state index in [1.165, 1.54) is 5.57 Å². The number of aryl methyl sites for hydroxylation is 1. The summed E-state index contributed by atoms with van der Waals surface area (Å²) in [6.45, 7) is 2.71. The average Bonchev–Trinajstić information content (AvgIpc) is 3.33. The zero-order chi connectivity index (χ0) is 24.9. The Kier molecular flexibility index (Phi) is 7.21. The van der Waals surface area contributed by atoms with Crippen molar-refractivity contribution < 1.29 is 14.3 Å². The van der Waals surface area contributed by atoms with Gasteiger partial charge in [-0.3, -0.25) is 14.5 Å². The Bertz CT molecular complexity index is 1260. The van der Waals surface area contributed by atoms with E-state index in [1.807, 2.05) is 43.3 Å². The Morgan fingerprint density at radius 3 is 2.61 bits per heavy atom. The van der Waals surface area contributed by atoms with Gasteiger partial charge in [-0.2, -0.15) is 0 Å². The third-order valence-corrected chi connectivity index (χ3v) is 6.98. The van der Waals surface area contributed by atoms with Crippen LogP contribution >= 0.6 is 0 Å². The SMILES string of the molecule is Cc1ccc(Oc2cccc(C=C3CCC(CC(=O)c4ccc(N5CCCC5=O)nc4)CC3)c2)nc1. The maximum absolute atomic E-state index is 12.8. The van der Waals surface area contributed by atoms with E-state index in [-0.39, 0.29) is 11.7 Å². The van der Waals surface area contributed by atoms with Crippen LogP contribution in [0.1, 0.15) is 66.4 Å². The largest absolute Gasteiger partial charge is 0.439 e. The number of pyridine rings is 2. The average molecular weight is 482 g/mol. The Balaban J connectivity index is 1.14. The Labute approximate surface area is 212 Å². The Morgan fingerprint density at radius 2 is 1.92 bits per heavy atom. The minimum Gasteiger partial charge on any atom is -0.439 e. The maximum Gasteiger partial charge on any atom is 0.228 e. The number of nitrogens with zero attached hydrogens (tertiary/aromatic N) is 3. The number of anilines is 1. The van der Waals surface area contributed by atoms with Gasteiger partial charge in [0, 0.05) is 43.4 Å². The molecule has 0 N–H and O–H groups in total. The number of hydrogen-bond acceptors (Lipinski definition) is 5. The van der Waals surface area contributed by atoms with Crippen molar-refractivity contribution in [2.24, 2.45) is 5.92 Å². The molecule has 184 valence electrons. The third-order valence-electron chi connectivity index (χ3n) is 6.98. The summed E-state index contributed by atoms with van der Waals surface area (Å²) >= 11 is 0. The van der Waals surface area contributed by atoms with E-state index in [2.05, 4.69) is 22.1 Å². The first kappa shape index (κ1) is 23.9. The molecule has 2 aromatic heterocycles. The van der Waals surface area contributed by atoms with Crippen LogP contribution in [0.3, 0.4) is 0 Å². The molecule has 0 bridgehead atoms. The lowest BCUT2D eigenvalue weighted by Crippen LogP contribution is -2.24. The number of rotatable bonds is 7. The number of carbonyl (C=O) groups is 2. The van der Waals surface area contributed by atoms with Crippen LogP contribution in [0.25, 0.3) is 6.08 Å². The van der Waals surface area contributed by atoms with Gasteiger partial charge in [-0.15, -0.1) is 0 Å². The fourth-order valence-corrected chi connectivity index (χ4v) is 4.92. The van der Waals surface area contributed by atoms with Crippen molar-refractivity contribution in [2.45, 2.75) is 51.9 Å². The van der Waals surface area contributed by atoms with Crippen LogP contribution in [-0.2, 0) is 4.79 Å². The Morgan fingerprint density at radius 1 is 1.06 bits per heavy atom. The summed E-state index contributed by atoms with van der Waals surface area (Å²) in [4.78, 5) is 35.1. The molecule has 3 aromatic rings. The molecular weight excluding hydrogens is 450 g/mol. The van der Waals surface area contributed by atoms with Crippen LogP contribution in [0.5, 0.6) is 11.6 Å². The molecule has 36 heavy (non-hydrogen) atoms. The molecular formula is C30H31N3O3. The molecule has 2 aliphatic rings. The molecule has 5 rings (SSSR count). The lowest BCUT2D eigenvalue weighted by molar-refractivity contribution is -0.117. The van der Waals surface area contributed by atoms with Crippen molar-refractivity contribution in [2.75, 3.05) is 11.4 Å². The highest BCUT2D eigenvalue weighted by molar-refractivity contribution is 5.97. The normalized spacial score (nSPS) is 17.8. The van der Waals surface area contributed by atoms with Gasteiger partial charge in [-0.1, -0.05) is 29.8 Å². The quantitative estimate of drug-likeness (QED) is 0.358. The van der Waals surface area contributed by atoms with Crippen molar-refractivity contribution in [3.63, 3.8) is 0 Å². The van der Waals surface area contributed by atoms with Crippen molar-refractivity contribution in [3.05, 3.63) is 83.2 Å². The van der Waals surface area contributed by atoms with E-state index in [9.17, 15) is 9.59 Å². The van der Waals surface area contributed by atoms with Crippen molar-refractivity contribution in [1.82, 2.24) is 9.97 Å². The number of amides is 1. The molecule has 1 aliphatic carbocycles. The molecule has 0 unspecified atom stereocenters. The van der Waals surface area contributed by atoms with Gasteiger partial charge < -0.3 is 4.74 Å². The van der Waals surface area contributed by atoms with Crippen LogP contribution in [-0.4, -0.2) is 28.2 Å². The molecule has 1 amide bonds. The van der Waals surface area contributed by atoms with E-state index >= 15 is 0 Å². The number of benzene rings is 1. The van der Waals surface area contributed by atoms with Crippen LogP contribution in [0.4, 0.5) is 5.82 Å². The first-order valence-corrected chi connectivity index (χ1v) is 12.7. The summed E-state index contributed by atoms with van der Waals surface area (Å²) in [6, 6.07) is 15.5. The molecule has 0 radical (unpaired) electrons. The van der Waals surface area contributed by atoms with Gasteiger partial charge in [0.25, 0.3) is 0 Å². The number of aromatic nitrogens is 2. The van der Waals surface area contributed by atoms with Gasteiger partial charge >= 0.3 is 0 Å². The maximum atomic E-state index is 12.8. The summed E-state index contributed by atoms with van der Waals surface area (Å²) in [7, 11) is 0. The predicted molar refractivity (Wildman–Crippen MR) is 140 cm³/mol. The van der Waals surface area contributed by atoms with Crippen LogP contribution < -0.4 is 9.64 Å². The monoisotopic (exact) mass is 481 g/mol. The number of Topliss-reactive ketones (excluding diaryl/α,β-unsaturated/α-hetero) is 1. The minimum atomic E-state index is 0.107. The summed E-state index contributed by atoms with van der Waals surface area (Å²) in [5.41, 5.74) is 4.26. The molecule has 1 saturated carbocycles. The lowest BCUT2D eigenvalue weighted by Gasteiger charge is -2.23. The van der Waals surface area contributed by atoms with Gasteiger partial charge in [0.2, 0.25) is 11.8 Å². The standard InChI is InChI=1S/C30H31N3O3/c1-21-7-14-29(32-19-21)36-26-5-2-4-24(17-26)16-22-8-10-23(11-9-22)18-27(34)25-12-13-28(31-20-25)33-15-3-6-30(33)35/h2,4-5,7,12-14,16-17,19-20,23H,3,6,8-11,15,18H2,1H3.